The van der Waals surface area contributed by atoms with Crippen molar-refractivity contribution < 1.29 is 24.1 Å². The van der Waals surface area contributed by atoms with Gasteiger partial charge in [-0.05, 0) is 42.8 Å². The number of aromatic nitrogens is 3. The lowest BCUT2D eigenvalue weighted by atomic mass is 10.0. The highest BCUT2D eigenvalue weighted by Gasteiger charge is 2.26. The molecule has 4 aromatic rings. The molecule has 0 saturated carbocycles. The predicted octanol–water partition coefficient (Wildman–Crippen LogP) is 3.46. The Morgan fingerprint density at radius 2 is 2.03 bits per heavy atom. The first-order valence-corrected chi connectivity index (χ1v) is 10.8. The molecule has 2 aromatic carbocycles. The number of H-pyrrole nitrogens is 1. The Hall–Kier alpha value is -3.82. The summed E-state index contributed by atoms with van der Waals surface area (Å²) >= 11 is 0. The van der Waals surface area contributed by atoms with Gasteiger partial charge in [0.1, 0.15) is 11.6 Å². The summed E-state index contributed by atoms with van der Waals surface area (Å²) in [6.07, 6.45) is 3.07. The first kappa shape index (κ1) is 23.3. The molecule has 176 valence electrons. The second-order valence-corrected chi connectivity index (χ2v) is 7.75. The number of aliphatic hydroxyl groups is 2. The monoisotopic (exact) mass is 464 g/mol. The van der Waals surface area contributed by atoms with E-state index in [0.29, 0.717) is 51.2 Å². The summed E-state index contributed by atoms with van der Waals surface area (Å²) in [7, 11) is 1.59. The molecule has 0 aliphatic carbocycles. The van der Waals surface area contributed by atoms with Crippen molar-refractivity contribution in [1.82, 2.24) is 20.1 Å². The highest BCUT2D eigenvalue weighted by Crippen LogP contribution is 2.33. The van der Waals surface area contributed by atoms with Crippen molar-refractivity contribution >= 4 is 16.8 Å². The number of nitrogens with zero attached hydrogens (tertiary/aromatic N) is 3. The molecule has 3 N–H and O–H groups in total. The lowest BCUT2D eigenvalue weighted by molar-refractivity contribution is 0.0659. The van der Waals surface area contributed by atoms with Crippen LogP contribution in [0, 0.1) is 5.82 Å². The van der Waals surface area contributed by atoms with E-state index in [1.807, 2.05) is 6.92 Å². The maximum Gasteiger partial charge on any atom is 0.254 e. The Bertz CT molecular complexity index is 1320. The summed E-state index contributed by atoms with van der Waals surface area (Å²) in [4.78, 5) is 19.1. The molecule has 0 aliphatic rings. The van der Waals surface area contributed by atoms with Gasteiger partial charge in [-0.25, -0.2) is 4.39 Å². The molecule has 0 fully saturated rings. The number of aliphatic hydroxyl groups excluding tert-OH is 2. The first-order chi connectivity index (χ1) is 16.5. The number of carbonyl (C=O) groups excluding carboxylic acids is 1. The van der Waals surface area contributed by atoms with Gasteiger partial charge in [0.2, 0.25) is 0 Å². The van der Waals surface area contributed by atoms with Crippen LogP contribution >= 0.6 is 0 Å². The molecule has 2 aromatic heterocycles. The normalized spacial score (nSPS) is 12.0. The molecule has 2 heterocycles. The largest absolute Gasteiger partial charge is 0.493 e. The van der Waals surface area contributed by atoms with E-state index < -0.39 is 6.04 Å². The fourth-order valence-corrected chi connectivity index (χ4v) is 3.98. The van der Waals surface area contributed by atoms with Gasteiger partial charge in [0.25, 0.3) is 5.91 Å². The molecule has 0 spiro atoms. The molecule has 34 heavy (non-hydrogen) atoms. The maximum atomic E-state index is 13.8. The first-order valence-electron chi connectivity index (χ1n) is 10.8. The maximum absolute atomic E-state index is 13.8. The van der Waals surface area contributed by atoms with E-state index in [4.69, 9.17) is 4.74 Å². The number of nitrogens with one attached hydrogen (secondary N) is 1. The Labute approximate surface area is 195 Å². The van der Waals surface area contributed by atoms with Crippen molar-refractivity contribution in [2.75, 3.05) is 20.3 Å². The number of amides is 1. The third kappa shape index (κ3) is 4.35. The summed E-state index contributed by atoms with van der Waals surface area (Å²) < 4.78 is 19.5. The van der Waals surface area contributed by atoms with Crippen LogP contribution in [0.4, 0.5) is 4.39 Å². The number of carbonyl (C=O) groups is 1. The van der Waals surface area contributed by atoms with Gasteiger partial charge < -0.3 is 19.8 Å². The van der Waals surface area contributed by atoms with E-state index in [1.54, 1.807) is 43.6 Å². The van der Waals surface area contributed by atoms with E-state index in [1.165, 1.54) is 23.2 Å². The zero-order valence-corrected chi connectivity index (χ0v) is 18.8. The summed E-state index contributed by atoms with van der Waals surface area (Å²) in [6, 6.07) is 10.4. The van der Waals surface area contributed by atoms with Crippen molar-refractivity contribution in [2.45, 2.75) is 19.6 Å². The lowest BCUT2D eigenvalue weighted by Crippen LogP contribution is -2.33. The Morgan fingerprint density at radius 3 is 2.74 bits per heavy atom. The minimum atomic E-state index is -0.714. The molecule has 8 nitrogen and oxygen atoms in total. The van der Waals surface area contributed by atoms with Crippen molar-refractivity contribution in [2.24, 2.45) is 0 Å². The molecule has 0 radical (unpaired) electrons. The van der Waals surface area contributed by atoms with Crippen LogP contribution in [-0.4, -0.2) is 56.5 Å². The van der Waals surface area contributed by atoms with Crippen LogP contribution in [0.2, 0.25) is 0 Å². The molecule has 1 amide bonds. The number of likely N-dealkylation sites (N-methyl/N-ethyl adjacent to an activating group) is 1. The molecule has 0 bridgehead atoms. The summed E-state index contributed by atoms with van der Waals surface area (Å²) in [5, 5.41) is 27.2. The van der Waals surface area contributed by atoms with Crippen LogP contribution in [0.1, 0.15) is 34.6 Å². The summed E-state index contributed by atoms with van der Waals surface area (Å²) in [5.41, 5.74) is 3.28. The lowest BCUT2D eigenvalue weighted by Gasteiger charge is -2.27. The van der Waals surface area contributed by atoms with E-state index in [2.05, 4.69) is 15.2 Å². The molecule has 0 saturated heterocycles. The van der Waals surface area contributed by atoms with Crippen molar-refractivity contribution in [1.29, 1.82) is 0 Å². The molecular formula is C25H25FN4O4. The molecule has 0 aliphatic heterocycles. The average Bonchev–Trinajstić information content (AvgIpc) is 3.34. The SMILES string of the molecule is CCOc1cc(C(=O)N(C)[C@H](CO)c2cnc(CO)c3cn[nH]c23)ccc1-c1cccc(F)c1. The number of hydrogen-bond donors (Lipinski definition) is 3. The third-order valence-corrected chi connectivity index (χ3v) is 5.73. The van der Waals surface area contributed by atoms with Gasteiger partial charge in [0.15, 0.2) is 0 Å². The van der Waals surface area contributed by atoms with E-state index >= 15 is 0 Å². The third-order valence-electron chi connectivity index (χ3n) is 5.73. The minimum absolute atomic E-state index is 0.257. The Kier molecular flexibility index (Phi) is 6.85. The summed E-state index contributed by atoms with van der Waals surface area (Å²) in [5.74, 6) is -0.251. The molecule has 1 atom stereocenters. The Balaban J connectivity index is 1.69. The fourth-order valence-electron chi connectivity index (χ4n) is 3.98. The van der Waals surface area contributed by atoms with Gasteiger partial charge in [-0.2, -0.15) is 5.10 Å². The molecule has 0 unspecified atom stereocenters. The van der Waals surface area contributed by atoms with Crippen molar-refractivity contribution in [3.8, 4) is 16.9 Å². The van der Waals surface area contributed by atoms with Gasteiger partial charge in [-0.1, -0.05) is 12.1 Å². The highest BCUT2D eigenvalue weighted by atomic mass is 19.1. The van der Waals surface area contributed by atoms with Crippen LogP contribution in [0.3, 0.4) is 0 Å². The molecular weight excluding hydrogens is 439 g/mol. The number of pyridine rings is 1. The second kappa shape index (κ2) is 9.98. The van der Waals surface area contributed by atoms with Crippen LogP contribution in [-0.2, 0) is 6.61 Å². The van der Waals surface area contributed by atoms with Crippen LogP contribution < -0.4 is 4.74 Å². The van der Waals surface area contributed by atoms with E-state index in [9.17, 15) is 19.4 Å². The van der Waals surface area contributed by atoms with Crippen LogP contribution in [0.5, 0.6) is 5.75 Å². The fraction of sp³-hybridized carbons (Fsp3) is 0.240. The quantitative estimate of drug-likeness (QED) is 0.368. The zero-order chi connectivity index (χ0) is 24.2. The number of benzene rings is 2. The number of halogens is 1. The molecule has 9 heteroatoms. The topological polar surface area (TPSA) is 112 Å². The second-order valence-electron chi connectivity index (χ2n) is 7.75. The zero-order valence-electron chi connectivity index (χ0n) is 18.8. The number of ether oxygens (including phenoxy) is 1. The standard InChI is InChI=1S/C25H25FN4O4/c1-3-34-23-10-16(7-8-18(23)15-5-4-6-17(26)9-15)25(33)30(2)22(14-32)20-11-27-21(13-31)19-12-28-29-24(19)20/h4-12,22,31-32H,3,13-14H2,1-2H3,(H,28,29)/t22-/m1/s1. The number of fused-ring (bicyclic) bond motifs is 1. The smallest absolute Gasteiger partial charge is 0.254 e. The molecule has 4 rings (SSSR count). The van der Waals surface area contributed by atoms with Gasteiger partial charge in [-0.3, -0.25) is 14.9 Å². The van der Waals surface area contributed by atoms with Crippen molar-refractivity contribution in [3.05, 3.63) is 77.5 Å². The predicted molar refractivity (Wildman–Crippen MR) is 125 cm³/mol. The number of aromatic amines is 1. The minimum Gasteiger partial charge on any atom is -0.493 e. The number of rotatable bonds is 8. The number of hydrogen-bond acceptors (Lipinski definition) is 6. The highest BCUT2D eigenvalue weighted by molar-refractivity contribution is 5.96. The van der Waals surface area contributed by atoms with Crippen LogP contribution in [0.25, 0.3) is 22.0 Å². The van der Waals surface area contributed by atoms with E-state index in [0.717, 1.165) is 0 Å². The average molecular weight is 464 g/mol. The van der Waals surface area contributed by atoms with Crippen molar-refractivity contribution in [3.63, 3.8) is 0 Å². The van der Waals surface area contributed by atoms with Gasteiger partial charge in [0, 0.05) is 35.3 Å². The Morgan fingerprint density at radius 1 is 1.21 bits per heavy atom. The van der Waals surface area contributed by atoms with Gasteiger partial charge in [-0.15, -0.1) is 0 Å². The van der Waals surface area contributed by atoms with E-state index in [-0.39, 0.29) is 24.9 Å². The van der Waals surface area contributed by atoms with Crippen LogP contribution in [0.15, 0.2) is 54.9 Å². The van der Waals surface area contributed by atoms with Gasteiger partial charge in [0.05, 0.1) is 43.3 Å². The summed E-state index contributed by atoms with van der Waals surface area (Å²) in [6.45, 7) is 1.59. The van der Waals surface area contributed by atoms with Gasteiger partial charge >= 0.3 is 0 Å².